The number of aryl methyl sites for hydroxylation is 1. The number of likely N-dealkylation sites (tertiary alicyclic amines) is 1. The Morgan fingerprint density at radius 2 is 2.00 bits per heavy atom. The van der Waals surface area contributed by atoms with Gasteiger partial charge in [0.25, 0.3) is 5.91 Å². The fraction of sp³-hybridized carbons (Fsp3) is 0.400. The minimum Gasteiger partial charge on any atom is -0.372 e. The fourth-order valence-corrected chi connectivity index (χ4v) is 3.89. The number of nitrogens with zero attached hydrogens (tertiary/aromatic N) is 1. The van der Waals surface area contributed by atoms with E-state index in [2.05, 4.69) is 0 Å². The second-order valence-electron chi connectivity index (χ2n) is 6.43. The molecule has 1 amide bonds. The van der Waals surface area contributed by atoms with Gasteiger partial charge in [0.05, 0.1) is 17.6 Å². The maximum Gasteiger partial charge on any atom is 0.264 e. The quantitative estimate of drug-likeness (QED) is 0.759. The molecule has 0 bridgehead atoms. The molecule has 0 spiro atoms. The Morgan fingerprint density at radius 1 is 1.20 bits per heavy atom. The molecular formula is C20H23NO3S. The Bertz CT molecular complexity index is 726. The summed E-state index contributed by atoms with van der Waals surface area (Å²) < 4.78 is 5.95. The summed E-state index contributed by atoms with van der Waals surface area (Å²) in [4.78, 5) is 27.4. The van der Waals surface area contributed by atoms with Crippen molar-refractivity contribution < 1.29 is 14.3 Å². The lowest BCUT2D eigenvalue weighted by Crippen LogP contribution is -2.29. The Balaban J connectivity index is 1.49. The number of amides is 1. The van der Waals surface area contributed by atoms with Crippen LogP contribution in [-0.2, 0) is 22.6 Å². The number of rotatable bonds is 7. The number of carbonyl (C=O) groups excluding carboxylic acids is 2. The van der Waals surface area contributed by atoms with Crippen LogP contribution in [0, 0.1) is 0 Å². The number of hydrogen-bond acceptors (Lipinski definition) is 4. The van der Waals surface area contributed by atoms with E-state index in [0.717, 1.165) is 34.7 Å². The summed E-state index contributed by atoms with van der Waals surface area (Å²) in [6.45, 7) is 3.56. The molecule has 0 saturated carbocycles. The van der Waals surface area contributed by atoms with Crippen molar-refractivity contribution in [3.8, 4) is 0 Å². The lowest BCUT2D eigenvalue weighted by Gasteiger charge is -2.16. The van der Waals surface area contributed by atoms with Crippen LogP contribution >= 0.6 is 11.3 Å². The van der Waals surface area contributed by atoms with Gasteiger partial charge in [0.15, 0.2) is 0 Å². The first-order valence-electron chi connectivity index (χ1n) is 8.65. The molecule has 1 saturated heterocycles. The predicted molar refractivity (Wildman–Crippen MR) is 98.9 cm³/mol. The van der Waals surface area contributed by atoms with Crippen molar-refractivity contribution in [2.75, 3.05) is 13.1 Å². The molecule has 1 aromatic heterocycles. The minimum atomic E-state index is 0.0740. The van der Waals surface area contributed by atoms with E-state index in [-0.39, 0.29) is 17.8 Å². The summed E-state index contributed by atoms with van der Waals surface area (Å²) in [5.74, 6) is 0.254. The second kappa shape index (κ2) is 8.41. The van der Waals surface area contributed by atoms with Crippen LogP contribution in [0.4, 0.5) is 0 Å². The summed E-state index contributed by atoms with van der Waals surface area (Å²) in [6, 6.07) is 13.9. The number of benzene rings is 1. The number of carbonyl (C=O) groups is 2. The summed E-state index contributed by atoms with van der Waals surface area (Å²) in [5, 5.41) is 0. The van der Waals surface area contributed by atoms with Gasteiger partial charge < -0.3 is 14.4 Å². The topological polar surface area (TPSA) is 46.6 Å². The van der Waals surface area contributed by atoms with Crippen LogP contribution in [0.1, 0.15) is 39.9 Å². The smallest absolute Gasteiger partial charge is 0.264 e. The molecule has 3 rings (SSSR count). The van der Waals surface area contributed by atoms with E-state index >= 15 is 0 Å². The zero-order valence-corrected chi connectivity index (χ0v) is 15.3. The van der Waals surface area contributed by atoms with Gasteiger partial charge in [-0.25, -0.2) is 0 Å². The molecule has 1 aromatic carbocycles. The van der Waals surface area contributed by atoms with Crippen LogP contribution in [0.15, 0.2) is 42.5 Å². The lowest BCUT2D eigenvalue weighted by atomic mass is 10.2. The summed E-state index contributed by atoms with van der Waals surface area (Å²) in [5.41, 5.74) is 1.15. The van der Waals surface area contributed by atoms with Crippen LogP contribution < -0.4 is 0 Å². The van der Waals surface area contributed by atoms with Gasteiger partial charge in [-0.15, -0.1) is 11.3 Å². The third-order valence-corrected chi connectivity index (χ3v) is 5.49. The highest BCUT2D eigenvalue weighted by atomic mass is 32.1. The van der Waals surface area contributed by atoms with Crippen LogP contribution in [0.3, 0.4) is 0 Å². The van der Waals surface area contributed by atoms with E-state index in [1.807, 2.05) is 47.4 Å². The molecule has 4 nitrogen and oxygen atoms in total. The van der Waals surface area contributed by atoms with Gasteiger partial charge in [0.1, 0.15) is 5.78 Å². The Labute approximate surface area is 152 Å². The van der Waals surface area contributed by atoms with Gasteiger partial charge >= 0.3 is 0 Å². The molecule has 1 aliphatic rings. The van der Waals surface area contributed by atoms with Crippen molar-refractivity contribution in [2.24, 2.45) is 0 Å². The molecule has 2 heterocycles. The maximum absolute atomic E-state index is 12.6. The van der Waals surface area contributed by atoms with Crippen LogP contribution in [0.25, 0.3) is 0 Å². The van der Waals surface area contributed by atoms with Crippen molar-refractivity contribution in [1.82, 2.24) is 4.90 Å². The first-order valence-corrected chi connectivity index (χ1v) is 9.46. The van der Waals surface area contributed by atoms with Crippen molar-refractivity contribution in [3.63, 3.8) is 0 Å². The standard InChI is InChI=1S/C20H23NO3S/c1-15(22)7-8-18-9-10-19(25-18)20(23)21-12-11-17(13-21)24-14-16-5-3-2-4-6-16/h2-6,9-10,17H,7-8,11-14H2,1H3. The van der Waals surface area contributed by atoms with Gasteiger partial charge in [0.2, 0.25) is 0 Å². The lowest BCUT2D eigenvalue weighted by molar-refractivity contribution is -0.116. The first-order chi connectivity index (χ1) is 12.1. The van der Waals surface area contributed by atoms with Gasteiger partial charge in [-0.3, -0.25) is 4.79 Å². The van der Waals surface area contributed by atoms with Crippen LogP contribution in [-0.4, -0.2) is 35.8 Å². The average molecular weight is 357 g/mol. The van der Waals surface area contributed by atoms with Crippen molar-refractivity contribution in [1.29, 1.82) is 0 Å². The molecule has 1 fully saturated rings. The molecule has 1 unspecified atom stereocenters. The molecule has 2 aromatic rings. The maximum atomic E-state index is 12.6. The van der Waals surface area contributed by atoms with Crippen LogP contribution in [0.2, 0.25) is 0 Å². The van der Waals surface area contributed by atoms with Crippen LogP contribution in [0.5, 0.6) is 0 Å². The zero-order valence-electron chi connectivity index (χ0n) is 14.4. The highest BCUT2D eigenvalue weighted by Crippen LogP contribution is 2.23. The van der Waals surface area contributed by atoms with E-state index in [4.69, 9.17) is 4.74 Å². The zero-order chi connectivity index (χ0) is 17.6. The van der Waals surface area contributed by atoms with Crippen molar-refractivity contribution in [2.45, 2.75) is 38.9 Å². The number of Topliss-reactive ketones (excluding diaryl/α,β-unsaturated/α-hetero) is 1. The molecule has 5 heteroatoms. The third kappa shape index (κ3) is 5.00. The van der Waals surface area contributed by atoms with E-state index in [1.54, 1.807) is 6.92 Å². The summed E-state index contributed by atoms with van der Waals surface area (Å²) >= 11 is 1.50. The van der Waals surface area contributed by atoms with E-state index in [1.165, 1.54) is 11.3 Å². The molecule has 1 atom stereocenters. The fourth-order valence-electron chi connectivity index (χ4n) is 2.92. The Morgan fingerprint density at radius 3 is 2.76 bits per heavy atom. The van der Waals surface area contributed by atoms with E-state index in [0.29, 0.717) is 19.6 Å². The predicted octanol–water partition coefficient (Wildman–Crippen LogP) is 3.70. The molecule has 0 N–H and O–H groups in total. The highest BCUT2D eigenvalue weighted by molar-refractivity contribution is 7.14. The normalized spacial score (nSPS) is 17.0. The van der Waals surface area contributed by atoms with Gasteiger partial charge in [0, 0.05) is 24.4 Å². The molecule has 0 radical (unpaired) electrons. The van der Waals surface area contributed by atoms with E-state index in [9.17, 15) is 9.59 Å². The molecule has 1 aliphatic heterocycles. The molecule has 0 aliphatic carbocycles. The highest BCUT2D eigenvalue weighted by Gasteiger charge is 2.28. The van der Waals surface area contributed by atoms with E-state index < -0.39 is 0 Å². The monoisotopic (exact) mass is 357 g/mol. The van der Waals surface area contributed by atoms with Crippen molar-refractivity contribution in [3.05, 3.63) is 57.8 Å². The van der Waals surface area contributed by atoms with Gasteiger partial charge in [-0.1, -0.05) is 30.3 Å². The first kappa shape index (κ1) is 17.8. The van der Waals surface area contributed by atoms with Gasteiger partial charge in [-0.05, 0) is 37.5 Å². The molecule has 132 valence electrons. The third-order valence-electron chi connectivity index (χ3n) is 4.36. The molecule has 25 heavy (non-hydrogen) atoms. The minimum absolute atomic E-state index is 0.0740. The summed E-state index contributed by atoms with van der Waals surface area (Å²) in [6.07, 6.45) is 2.23. The number of hydrogen-bond donors (Lipinski definition) is 0. The Hall–Kier alpha value is -1.98. The number of thiophene rings is 1. The Kier molecular flexibility index (Phi) is 6.00. The second-order valence-corrected chi connectivity index (χ2v) is 7.59. The van der Waals surface area contributed by atoms with Crippen molar-refractivity contribution >= 4 is 23.0 Å². The summed E-state index contributed by atoms with van der Waals surface area (Å²) in [7, 11) is 0. The largest absolute Gasteiger partial charge is 0.372 e. The number of ether oxygens (including phenoxy) is 1. The number of ketones is 1. The molecular weight excluding hydrogens is 334 g/mol. The van der Waals surface area contributed by atoms with Gasteiger partial charge in [-0.2, -0.15) is 0 Å². The SMILES string of the molecule is CC(=O)CCc1ccc(C(=O)N2CCC(OCc3ccccc3)C2)s1. The average Bonchev–Trinajstić information content (AvgIpc) is 3.28.